The molecule has 0 aliphatic carbocycles. The Bertz CT molecular complexity index is 673. The first kappa shape index (κ1) is 20.6. The molecule has 0 radical (unpaired) electrons. The summed E-state index contributed by atoms with van der Waals surface area (Å²) < 4.78 is 0. The molecule has 2 aliphatic rings. The second-order valence-corrected chi connectivity index (χ2v) is 8.21. The van der Waals surface area contributed by atoms with Crippen LogP contribution in [0.1, 0.15) is 45.4 Å². The SMILES string of the molecule is C[C@@H]1CCCC[NH+]1CCCNC(=O)C1CCN(c2ccccc2[N+](=O)[O-])CC1. The van der Waals surface area contributed by atoms with E-state index >= 15 is 0 Å². The summed E-state index contributed by atoms with van der Waals surface area (Å²) in [6.07, 6.45) is 6.51. The van der Waals surface area contributed by atoms with Gasteiger partial charge in [-0.15, -0.1) is 0 Å². The lowest BCUT2D eigenvalue weighted by atomic mass is 9.95. The molecular formula is C21H33N4O3+. The molecule has 0 bridgehead atoms. The van der Waals surface area contributed by atoms with E-state index in [1.165, 1.54) is 25.8 Å². The third kappa shape index (κ3) is 5.22. The van der Waals surface area contributed by atoms with E-state index in [-0.39, 0.29) is 22.4 Å². The van der Waals surface area contributed by atoms with Crippen molar-refractivity contribution in [3.05, 3.63) is 34.4 Å². The molecule has 1 amide bonds. The van der Waals surface area contributed by atoms with Gasteiger partial charge in [0.15, 0.2) is 0 Å². The first-order valence-corrected chi connectivity index (χ1v) is 10.7. The highest BCUT2D eigenvalue weighted by Gasteiger charge is 2.28. The minimum atomic E-state index is -0.334. The van der Waals surface area contributed by atoms with Gasteiger partial charge in [0.1, 0.15) is 5.69 Å². The topological polar surface area (TPSA) is 79.9 Å². The number of nitro groups is 1. The molecule has 2 atom stereocenters. The summed E-state index contributed by atoms with van der Waals surface area (Å²) in [6, 6.07) is 7.60. The van der Waals surface area contributed by atoms with Crippen molar-refractivity contribution in [2.75, 3.05) is 37.6 Å². The molecular weight excluding hydrogens is 356 g/mol. The summed E-state index contributed by atoms with van der Waals surface area (Å²) >= 11 is 0. The molecule has 1 aromatic carbocycles. The number of quaternary nitrogens is 1. The van der Waals surface area contributed by atoms with E-state index in [1.54, 1.807) is 23.1 Å². The van der Waals surface area contributed by atoms with Crippen LogP contribution in [0.4, 0.5) is 11.4 Å². The van der Waals surface area contributed by atoms with Gasteiger partial charge < -0.3 is 15.1 Å². The van der Waals surface area contributed by atoms with Crippen molar-refractivity contribution < 1.29 is 14.6 Å². The summed E-state index contributed by atoms with van der Waals surface area (Å²) in [7, 11) is 0. The minimum absolute atomic E-state index is 0.0141. The van der Waals surface area contributed by atoms with Crippen molar-refractivity contribution >= 4 is 17.3 Å². The Hall–Kier alpha value is -2.15. The van der Waals surface area contributed by atoms with Crippen molar-refractivity contribution in [3.63, 3.8) is 0 Å². The fourth-order valence-electron chi connectivity index (χ4n) is 4.56. The Labute approximate surface area is 167 Å². The highest BCUT2D eigenvalue weighted by Crippen LogP contribution is 2.31. The molecule has 1 unspecified atom stereocenters. The largest absolute Gasteiger partial charge is 0.366 e. The number of piperidine rings is 2. The van der Waals surface area contributed by atoms with Crippen LogP contribution in [-0.2, 0) is 4.79 Å². The summed E-state index contributed by atoms with van der Waals surface area (Å²) in [5.74, 6) is 0.157. The summed E-state index contributed by atoms with van der Waals surface area (Å²) in [5.41, 5.74) is 0.796. The van der Waals surface area contributed by atoms with E-state index in [1.807, 2.05) is 11.0 Å². The lowest BCUT2D eigenvalue weighted by Crippen LogP contribution is -3.16. The van der Waals surface area contributed by atoms with Crippen molar-refractivity contribution in [2.24, 2.45) is 5.92 Å². The Morgan fingerprint density at radius 1 is 1.25 bits per heavy atom. The number of benzene rings is 1. The number of nitro benzene ring substituents is 1. The minimum Gasteiger partial charge on any atom is -0.366 e. The second-order valence-electron chi connectivity index (χ2n) is 8.21. The second kappa shape index (κ2) is 9.87. The van der Waals surface area contributed by atoms with Crippen molar-refractivity contribution in [3.8, 4) is 0 Å². The van der Waals surface area contributed by atoms with Crippen LogP contribution in [0.2, 0.25) is 0 Å². The van der Waals surface area contributed by atoms with Gasteiger partial charge >= 0.3 is 0 Å². The van der Waals surface area contributed by atoms with Crippen LogP contribution in [0, 0.1) is 16.0 Å². The van der Waals surface area contributed by atoms with Crippen LogP contribution in [-0.4, -0.2) is 49.6 Å². The number of hydrogen-bond acceptors (Lipinski definition) is 4. The molecule has 28 heavy (non-hydrogen) atoms. The molecule has 0 saturated carbocycles. The van der Waals surface area contributed by atoms with Crippen LogP contribution in [0.3, 0.4) is 0 Å². The highest BCUT2D eigenvalue weighted by atomic mass is 16.6. The smallest absolute Gasteiger partial charge is 0.292 e. The average Bonchev–Trinajstić information content (AvgIpc) is 2.72. The third-order valence-corrected chi connectivity index (χ3v) is 6.34. The van der Waals surface area contributed by atoms with Crippen molar-refractivity contribution in [1.82, 2.24) is 5.32 Å². The van der Waals surface area contributed by atoms with Gasteiger partial charge in [0.05, 0.1) is 24.1 Å². The van der Waals surface area contributed by atoms with Gasteiger partial charge in [-0.3, -0.25) is 14.9 Å². The summed E-state index contributed by atoms with van der Waals surface area (Å²) in [6.45, 7) is 6.84. The zero-order valence-electron chi connectivity index (χ0n) is 16.9. The van der Waals surface area contributed by atoms with Crippen molar-refractivity contribution in [2.45, 2.75) is 51.5 Å². The zero-order chi connectivity index (χ0) is 19.9. The van der Waals surface area contributed by atoms with E-state index in [4.69, 9.17) is 0 Å². The maximum Gasteiger partial charge on any atom is 0.292 e. The van der Waals surface area contributed by atoms with Crippen LogP contribution >= 0.6 is 0 Å². The molecule has 7 heteroatoms. The molecule has 2 N–H and O–H groups in total. The quantitative estimate of drug-likeness (QED) is 0.423. The van der Waals surface area contributed by atoms with Crippen LogP contribution in [0.5, 0.6) is 0 Å². The maximum absolute atomic E-state index is 12.5. The van der Waals surface area contributed by atoms with Crippen LogP contribution < -0.4 is 15.1 Å². The molecule has 0 spiro atoms. The molecule has 154 valence electrons. The normalized spacial score (nSPS) is 23.4. The number of amides is 1. The molecule has 2 saturated heterocycles. The number of carbonyl (C=O) groups is 1. The average molecular weight is 390 g/mol. The van der Waals surface area contributed by atoms with Gasteiger partial charge in [-0.05, 0) is 45.1 Å². The van der Waals surface area contributed by atoms with Gasteiger partial charge in [-0.2, -0.15) is 0 Å². The van der Waals surface area contributed by atoms with Gasteiger partial charge in [-0.1, -0.05) is 12.1 Å². The Balaban J connectivity index is 1.40. The number of likely N-dealkylation sites (tertiary alicyclic amines) is 1. The number of nitrogens with one attached hydrogen (secondary N) is 2. The fraction of sp³-hybridized carbons (Fsp3) is 0.667. The fourth-order valence-corrected chi connectivity index (χ4v) is 4.56. The molecule has 3 rings (SSSR count). The molecule has 2 aliphatic heterocycles. The van der Waals surface area contributed by atoms with Crippen molar-refractivity contribution in [1.29, 1.82) is 0 Å². The molecule has 2 heterocycles. The Morgan fingerprint density at radius 3 is 2.71 bits per heavy atom. The number of anilines is 1. The third-order valence-electron chi connectivity index (χ3n) is 6.34. The van der Waals surface area contributed by atoms with Crippen LogP contribution in [0.15, 0.2) is 24.3 Å². The predicted octanol–water partition coefficient (Wildman–Crippen LogP) is 1.77. The van der Waals surface area contributed by atoms with E-state index < -0.39 is 0 Å². The number of hydrogen-bond donors (Lipinski definition) is 2. The van der Waals surface area contributed by atoms with Gasteiger partial charge in [0.25, 0.3) is 5.69 Å². The number of para-hydroxylation sites is 2. The van der Waals surface area contributed by atoms with Gasteiger partial charge in [0, 0.05) is 38.0 Å². The van der Waals surface area contributed by atoms with Gasteiger partial charge in [-0.25, -0.2) is 0 Å². The summed E-state index contributed by atoms with van der Waals surface area (Å²) in [5, 5.41) is 14.3. The molecule has 2 fully saturated rings. The molecule has 0 aromatic heterocycles. The lowest BCUT2D eigenvalue weighted by Gasteiger charge is -2.32. The molecule has 7 nitrogen and oxygen atoms in total. The monoisotopic (exact) mass is 389 g/mol. The standard InChI is InChI=1S/C21H32N4O3/c1-17-7-4-5-13-23(17)14-6-12-22-21(26)18-10-15-24(16-11-18)19-8-2-3-9-20(19)25(27)28/h2-3,8-9,17-18H,4-7,10-16H2,1H3,(H,22,26)/p+1/t17-/m1/s1. The number of rotatable bonds is 7. The number of carbonyl (C=O) groups excluding carboxylic acids is 1. The first-order chi connectivity index (χ1) is 13.6. The first-order valence-electron chi connectivity index (χ1n) is 10.7. The lowest BCUT2D eigenvalue weighted by molar-refractivity contribution is -0.928. The highest BCUT2D eigenvalue weighted by molar-refractivity contribution is 5.79. The Kier molecular flexibility index (Phi) is 7.25. The van der Waals surface area contributed by atoms with E-state index in [0.717, 1.165) is 38.4 Å². The van der Waals surface area contributed by atoms with E-state index in [2.05, 4.69) is 12.2 Å². The predicted molar refractivity (Wildman–Crippen MR) is 110 cm³/mol. The molecule has 1 aromatic rings. The van der Waals surface area contributed by atoms with E-state index in [0.29, 0.717) is 18.8 Å². The zero-order valence-corrected chi connectivity index (χ0v) is 16.9. The van der Waals surface area contributed by atoms with E-state index in [9.17, 15) is 14.9 Å². The summed E-state index contributed by atoms with van der Waals surface area (Å²) in [4.78, 5) is 27.1. The Morgan fingerprint density at radius 2 is 2.00 bits per heavy atom. The maximum atomic E-state index is 12.5. The number of nitrogens with zero attached hydrogens (tertiary/aromatic N) is 2. The van der Waals surface area contributed by atoms with Gasteiger partial charge in [0.2, 0.25) is 5.91 Å². The van der Waals surface area contributed by atoms with Crippen LogP contribution in [0.25, 0.3) is 0 Å².